The summed E-state index contributed by atoms with van der Waals surface area (Å²) < 4.78 is 0. The molecule has 2 aromatic rings. The number of benzene rings is 2. The molecule has 0 nitrogen and oxygen atoms in total. The van der Waals surface area contributed by atoms with Gasteiger partial charge in [0.15, 0.2) is 0 Å². The van der Waals surface area contributed by atoms with Gasteiger partial charge in [0.2, 0.25) is 0 Å². The molecule has 0 saturated heterocycles. The lowest BCUT2D eigenvalue weighted by Crippen LogP contribution is -2.42. The Labute approximate surface area is 199 Å². The van der Waals surface area contributed by atoms with E-state index in [1.54, 1.807) is 22.3 Å². The standard InChI is InChI=1S/C32H32Si/c1-21-19-29-25(23-11-5-6-12-23)15-9-17-27(29)31(21)33(3,4)32-22(2)20-30-26(16-10-18-28(30)32)24-13-7-8-14-24/h5-20,23-24,31-32H,1-4H3. The van der Waals surface area contributed by atoms with Crippen molar-refractivity contribution in [3.63, 3.8) is 0 Å². The van der Waals surface area contributed by atoms with Crippen LogP contribution >= 0.6 is 0 Å². The van der Waals surface area contributed by atoms with E-state index in [-0.39, 0.29) is 0 Å². The van der Waals surface area contributed by atoms with E-state index < -0.39 is 8.07 Å². The van der Waals surface area contributed by atoms with Crippen LogP contribution in [-0.2, 0) is 0 Å². The van der Waals surface area contributed by atoms with Gasteiger partial charge in [-0.25, -0.2) is 0 Å². The first kappa shape index (κ1) is 20.7. The first-order chi connectivity index (χ1) is 16.0. The predicted molar refractivity (Wildman–Crippen MR) is 145 cm³/mol. The molecule has 0 fully saturated rings. The molecule has 0 radical (unpaired) electrons. The van der Waals surface area contributed by atoms with E-state index in [0.29, 0.717) is 22.9 Å². The Hall–Kier alpha value is -2.90. The summed E-state index contributed by atoms with van der Waals surface area (Å²) in [6.07, 6.45) is 23.0. The van der Waals surface area contributed by atoms with Gasteiger partial charge in [0, 0.05) is 22.9 Å². The molecule has 164 valence electrons. The molecule has 0 N–H and O–H groups in total. The minimum Gasteiger partial charge on any atom is -0.0732 e. The highest BCUT2D eigenvalue weighted by Crippen LogP contribution is 2.54. The molecular weight excluding hydrogens is 412 g/mol. The second-order valence-corrected chi connectivity index (χ2v) is 15.6. The van der Waals surface area contributed by atoms with Gasteiger partial charge in [-0.15, -0.1) is 0 Å². The SMILES string of the molecule is CC1=Cc2c(C3C=CC=C3)cccc2C1[Si](C)(C)C1C(C)=Cc2c(C3C=CC=C3)cccc21. The molecule has 0 saturated carbocycles. The maximum atomic E-state index is 2.63. The Morgan fingerprint density at radius 3 is 1.30 bits per heavy atom. The van der Waals surface area contributed by atoms with Crippen LogP contribution in [0.4, 0.5) is 0 Å². The molecule has 33 heavy (non-hydrogen) atoms. The van der Waals surface area contributed by atoms with Gasteiger partial charge < -0.3 is 0 Å². The lowest BCUT2D eigenvalue weighted by Gasteiger charge is -2.39. The minimum absolute atomic E-state index is 0.413. The van der Waals surface area contributed by atoms with Gasteiger partial charge in [0.05, 0.1) is 8.07 Å². The Morgan fingerprint density at radius 1 is 0.545 bits per heavy atom. The summed E-state index contributed by atoms with van der Waals surface area (Å²) in [4.78, 5) is 0. The third kappa shape index (κ3) is 3.09. The van der Waals surface area contributed by atoms with Crippen molar-refractivity contribution in [2.24, 2.45) is 0 Å². The van der Waals surface area contributed by atoms with E-state index in [4.69, 9.17) is 0 Å². The number of fused-ring (bicyclic) bond motifs is 2. The van der Waals surface area contributed by atoms with Crippen molar-refractivity contribution < 1.29 is 0 Å². The molecule has 0 aromatic heterocycles. The monoisotopic (exact) mass is 444 g/mol. The first-order valence-electron chi connectivity index (χ1n) is 12.3. The molecule has 4 aliphatic rings. The quantitative estimate of drug-likeness (QED) is 0.414. The molecule has 0 spiro atoms. The smallest absolute Gasteiger partial charge is 0.0722 e. The van der Waals surface area contributed by atoms with Crippen LogP contribution in [-0.4, -0.2) is 8.07 Å². The maximum absolute atomic E-state index is 2.63. The average Bonchev–Trinajstić information content (AvgIpc) is 3.56. The van der Waals surface area contributed by atoms with Crippen LogP contribution in [0.3, 0.4) is 0 Å². The molecule has 0 heterocycles. The molecular formula is C32H32Si. The third-order valence-corrected chi connectivity index (χ3v) is 12.8. The second kappa shape index (κ2) is 7.57. The van der Waals surface area contributed by atoms with Gasteiger partial charge >= 0.3 is 0 Å². The molecule has 0 amide bonds. The fraction of sp³-hybridized carbons (Fsp3) is 0.250. The number of hydrogen-bond donors (Lipinski definition) is 0. The summed E-state index contributed by atoms with van der Waals surface area (Å²) in [5, 5.41) is 0. The fourth-order valence-corrected chi connectivity index (χ4v) is 12.1. The minimum atomic E-state index is -1.80. The molecule has 0 bridgehead atoms. The number of allylic oxidation sites excluding steroid dienone is 10. The highest BCUT2D eigenvalue weighted by atomic mass is 28.3. The summed E-state index contributed by atoms with van der Waals surface area (Å²) >= 11 is 0. The van der Waals surface area contributed by atoms with Crippen LogP contribution in [0.1, 0.15) is 70.1 Å². The molecule has 2 unspecified atom stereocenters. The topological polar surface area (TPSA) is 0 Å². The molecule has 6 rings (SSSR count). The van der Waals surface area contributed by atoms with Crippen molar-refractivity contribution >= 4 is 20.2 Å². The lowest BCUT2D eigenvalue weighted by atomic mass is 9.93. The van der Waals surface area contributed by atoms with Gasteiger partial charge in [-0.1, -0.05) is 121 Å². The van der Waals surface area contributed by atoms with E-state index >= 15 is 0 Å². The number of hydrogen-bond acceptors (Lipinski definition) is 0. The first-order valence-corrected chi connectivity index (χ1v) is 15.4. The molecule has 0 aliphatic heterocycles. The summed E-state index contributed by atoms with van der Waals surface area (Å²) in [7, 11) is -1.80. The summed E-state index contributed by atoms with van der Waals surface area (Å²) in [5.74, 6) is 0.827. The van der Waals surface area contributed by atoms with Crippen LogP contribution in [0.5, 0.6) is 0 Å². The van der Waals surface area contributed by atoms with Crippen molar-refractivity contribution in [3.05, 3.63) is 130 Å². The Morgan fingerprint density at radius 2 is 0.909 bits per heavy atom. The zero-order valence-electron chi connectivity index (χ0n) is 20.0. The summed E-state index contributed by atoms with van der Waals surface area (Å²) in [6, 6.07) is 14.1. The Balaban J connectivity index is 1.44. The van der Waals surface area contributed by atoms with Crippen molar-refractivity contribution in [2.45, 2.75) is 49.9 Å². The third-order valence-electron chi connectivity index (χ3n) is 8.33. The van der Waals surface area contributed by atoms with Crippen molar-refractivity contribution in [1.82, 2.24) is 0 Å². The van der Waals surface area contributed by atoms with E-state index in [9.17, 15) is 0 Å². The van der Waals surface area contributed by atoms with Gasteiger partial charge in [0.1, 0.15) is 0 Å². The van der Waals surface area contributed by atoms with Gasteiger partial charge in [-0.05, 0) is 47.2 Å². The fourth-order valence-electron chi connectivity index (χ4n) is 7.15. The van der Waals surface area contributed by atoms with E-state index in [0.717, 1.165) is 0 Å². The predicted octanol–water partition coefficient (Wildman–Crippen LogP) is 8.59. The molecule has 2 atom stereocenters. The maximum Gasteiger partial charge on any atom is 0.0722 e. The lowest BCUT2D eigenvalue weighted by molar-refractivity contribution is 0.960. The molecule has 2 aromatic carbocycles. The zero-order chi connectivity index (χ0) is 22.7. The van der Waals surface area contributed by atoms with Crippen LogP contribution < -0.4 is 0 Å². The average molecular weight is 445 g/mol. The van der Waals surface area contributed by atoms with Gasteiger partial charge in [0.25, 0.3) is 0 Å². The highest BCUT2D eigenvalue weighted by Gasteiger charge is 2.47. The summed E-state index contributed by atoms with van der Waals surface area (Å²) in [6.45, 7) is 10.0. The molecule has 1 heteroatoms. The van der Waals surface area contributed by atoms with Gasteiger partial charge in [-0.3, -0.25) is 0 Å². The Kier molecular flexibility index (Phi) is 4.74. The number of rotatable bonds is 4. The van der Waals surface area contributed by atoms with Crippen LogP contribution in [0.25, 0.3) is 12.2 Å². The van der Waals surface area contributed by atoms with Crippen molar-refractivity contribution in [2.75, 3.05) is 0 Å². The van der Waals surface area contributed by atoms with Crippen LogP contribution in [0.15, 0.2) is 96.2 Å². The highest BCUT2D eigenvalue weighted by molar-refractivity contribution is 6.81. The normalized spacial score (nSPS) is 23.4. The van der Waals surface area contributed by atoms with Gasteiger partial charge in [-0.2, -0.15) is 0 Å². The second-order valence-electron chi connectivity index (χ2n) is 10.8. The largest absolute Gasteiger partial charge is 0.0732 e. The van der Waals surface area contributed by atoms with Crippen LogP contribution in [0, 0.1) is 0 Å². The summed E-state index contributed by atoms with van der Waals surface area (Å²) in [5.41, 5.74) is 13.2. The van der Waals surface area contributed by atoms with Crippen molar-refractivity contribution in [1.29, 1.82) is 0 Å². The molecule has 4 aliphatic carbocycles. The van der Waals surface area contributed by atoms with E-state index in [1.807, 2.05) is 0 Å². The zero-order valence-corrected chi connectivity index (χ0v) is 21.0. The van der Waals surface area contributed by atoms with E-state index in [1.165, 1.54) is 22.3 Å². The Bertz CT molecular complexity index is 1200. The van der Waals surface area contributed by atoms with E-state index in [2.05, 4.69) is 124 Å². The van der Waals surface area contributed by atoms with Crippen molar-refractivity contribution in [3.8, 4) is 0 Å². The van der Waals surface area contributed by atoms with Crippen LogP contribution in [0.2, 0.25) is 13.1 Å².